The number of hydrogen-bond acceptors (Lipinski definition) is 4. The fraction of sp³-hybridized carbons (Fsp3) is 1.00. The van der Waals surface area contributed by atoms with E-state index in [0.29, 0.717) is 19.1 Å². The van der Waals surface area contributed by atoms with Gasteiger partial charge in [0.2, 0.25) is 0 Å². The van der Waals surface area contributed by atoms with Crippen LogP contribution in [-0.4, -0.2) is 61.6 Å². The molecule has 1 rings (SSSR count). The minimum atomic E-state index is -0.630. The zero-order valence-corrected chi connectivity index (χ0v) is 9.91. The largest absolute Gasteiger partial charge is 0.389 e. The lowest BCUT2D eigenvalue weighted by molar-refractivity contribution is -0.0296. The lowest BCUT2D eigenvalue weighted by atomic mass is 10.4. The molecule has 0 saturated carbocycles. The van der Waals surface area contributed by atoms with Gasteiger partial charge in [0.25, 0.3) is 0 Å². The summed E-state index contributed by atoms with van der Waals surface area (Å²) < 4.78 is 15.6. The van der Waals surface area contributed by atoms with Crippen LogP contribution in [0.4, 0.5) is 0 Å². The molecule has 3 unspecified atom stereocenters. The molecule has 6 heteroatoms. The van der Waals surface area contributed by atoms with Crippen LogP contribution >= 0.6 is 23.2 Å². The molecule has 3 atom stereocenters. The van der Waals surface area contributed by atoms with E-state index in [-0.39, 0.29) is 24.7 Å². The molecule has 90 valence electrons. The Bertz CT molecular complexity index is 166. The Morgan fingerprint density at radius 2 is 2.07 bits per heavy atom. The van der Waals surface area contributed by atoms with Gasteiger partial charge < -0.3 is 19.3 Å². The third-order valence-corrected chi connectivity index (χ3v) is 2.58. The van der Waals surface area contributed by atoms with Gasteiger partial charge in [-0.25, -0.2) is 0 Å². The second-order valence-corrected chi connectivity index (χ2v) is 4.03. The normalized spacial score (nSPS) is 23.8. The second-order valence-electron chi connectivity index (χ2n) is 3.41. The summed E-state index contributed by atoms with van der Waals surface area (Å²) in [5.74, 6) is 0.534. The van der Waals surface area contributed by atoms with E-state index in [1.165, 1.54) is 0 Å². The van der Waals surface area contributed by atoms with E-state index >= 15 is 0 Å². The lowest BCUT2D eigenvalue weighted by Crippen LogP contribution is -2.27. The van der Waals surface area contributed by atoms with E-state index in [2.05, 4.69) is 0 Å². The van der Waals surface area contributed by atoms with Gasteiger partial charge in [-0.3, -0.25) is 0 Å². The van der Waals surface area contributed by atoms with Gasteiger partial charge in [0.05, 0.1) is 50.4 Å². The number of ether oxygens (including phenoxy) is 3. The van der Waals surface area contributed by atoms with Gasteiger partial charge in [-0.15, -0.1) is 23.2 Å². The first-order valence-corrected chi connectivity index (χ1v) is 5.94. The number of alkyl halides is 2. The first-order chi connectivity index (χ1) is 7.26. The molecule has 0 aliphatic carbocycles. The van der Waals surface area contributed by atoms with Crippen LogP contribution in [0.1, 0.15) is 0 Å². The number of aliphatic hydroxyl groups excluding tert-OH is 1. The van der Waals surface area contributed by atoms with E-state index in [9.17, 15) is 0 Å². The fourth-order valence-electron chi connectivity index (χ4n) is 0.925. The minimum Gasteiger partial charge on any atom is -0.389 e. The predicted octanol–water partition coefficient (Wildman–Crippen LogP) is 0.625. The summed E-state index contributed by atoms with van der Waals surface area (Å²) in [5.41, 5.74) is 0. The molecule has 0 aromatic heterocycles. The predicted molar refractivity (Wildman–Crippen MR) is 57.7 cm³/mol. The van der Waals surface area contributed by atoms with E-state index in [4.69, 9.17) is 42.5 Å². The molecule has 1 aliphatic rings. The van der Waals surface area contributed by atoms with Crippen LogP contribution in [0, 0.1) is 0 Å². The topological polar surface area (TPSA) is 51.2 Å². The van der Waals surface area contributed by atoms with Crippen molar-refractivity contribution < 1.29 is 19.3 Å². The summed E-state index contributed by atoms with van der Waals surface area (Å²) in [6.45, 7) is 1.89. The van der Waals surface area contributed by atoms with Crippen molar-refractivity contribution in [3.63, 3.8) is 0 Å². The van der Waals surface area contributed by atoms with Crippen molar-refractivity contribution in [2.45, 2.75) is 18.3 Å². The maximum absolute atomic E-state index is 9.12. The third kappa shape index (κ3) is 6.56. The maximum Gasteiger partial charge on any atom is 0.104 e. The minimum absolute atomic E-state index is 0.154. The highest BCUT2D eigenvalue weighted by molar-refractivity contribution is 6.18. The highest BCUT2D eigenvalue weighted by atomic mass is 35.5. The van der Waals surface area contributed by atoms with Crippen LogP contribution in [-0.2, 0) is 14.2 Å². The molecular formula is C9H16Cl2O4. The van der Waals surface area contributed by atoms with Crippen molar-refractivity contribution in [1.82, 2.24) is 0 Å². The van der Waals surface area contributed by atoms with E-state index in [1.54, 1.807) is 0 Å². The van der Waals surface area contributed by atoms with Gasteiger partial charge in [0, 0.05) is 0 Å². The first kappa shape index (κ1) is 13.5. The second kappa shape index (κ2) is 7.65. The highest BCUT2D eigenvalue weighted by Crippen LogP contribution is 2.10. The first-order valence-electron chi connectivity index (χ1n) is 4.87. The Morgan fingerprint density at radius 1 is 1.33 bits per heavy atom. The SMILES string of the molecule is OC(CCl)COCC(CCl)OCC1CO1. The van der Waals surface area contributed by atoms with E-state index in [1.807, 2.05) is 0 Å². The average molecular weight is 259 g/mol. The Labute approximate surface area is 99.4 Å². The van der Waals surface area contributed by atoms with Crippen molar-refractivity contribution in [1.29, 1.82) is 0 Å². The zero-order chi connectivity index (χ0) is 11.1. The van der Waals surface area contributed by atoms with Gasteiger partial charge in [-0.05, 0) is 0 Å². The summed E-state index contributed by atoms with van der Waals surface area (Å²) >= 11 is 11.1. The molecule has 0 radical (unpaired) electrons. The summed E-state index contributed by atoms with van der Waals surface area (Å²) in [6.07, 6.45) is -0.558. The van der Waals surface area contributed by atoms with Gasteiger partial charge in [-0.2, -0.15) is 0 Å². The summed E-state index contributed by atoms with van der Waals surface area (Å²) in [4.78, 5) is 0. The average Bonchev–Trinajstić information content (AvgIpc) is 3.06. The fourth-order valence-corrected chi connectivity index (χ4v) is 1.19. The van der Waals surface area contributed by atoms with Crippen LogP contribution in [0.3, 0.4) is 0 Å². The van der Waals surface area contributed by atoms with Crippen LogP contribution in [0.2, 0.25) is 0 Å². The van der Waals surface area contributed by atoms with Crippen LogP contribution < -0.4 is 0 Å². The molecule has 1 fully saturated rings. The Balaban J connectivity index is 1.99. The van der Waals surface area contributed by atoms with Crippen LogP contribution in [0.25, 0.3) is 0 Å². The van der Waals surface area contributed by atoms with Crippen molar-refractivity contribution >= 4 is 23.2 Å². The quantitative estimate of drug-likeness (QED) is 0.487. The van der Waals surface area contributed by atoms with Crippen LogP contribution in [0.15, 0.2) is 0 Å². The van der Waals surface area contributed by atoms with Crippen molar-refractivity contribution in [3.8, 4) is 0 Å². The van der Waals surface area contributed by atoms with E-state index < -0.39 is 6.10 Å². The third-order valence-electron chi connectivity index (χ3n) is 1.88. The molecule has 15 heavy (non-hydrogen) atoms. The number of halogens is 2. The van der Waals surface area contributed by atoms with Crippen LogP contribution in [0.5, 0.6) is 0 Å². The monoisotopic (exact) mass is 258 g/mol. The standard InChI is InChI=1S/C9H16Cl2O4/c10-1-7(12)3-13-4-8(2-11)14-5-9-6-15-9/h7-9,12H,1-6H2. The number of aliphatic hydroxyl groups is 1. The molecule has 4 nitrogen and oxygen atoms in total. The number of rotatable bonds is 9. The Kier molecular flexibility index (Phi) is 6.88. The maximum atomic E-state index is 9.12. The van der Waals surface area contributed by atoms with Gasteiger partial charge in [0.1, 0.15) is 6.10 Å². The van der Waals surface area contributed by atoms with Gasteiger partial charge in [-0.1, -0.05) is 0 Å². The van der Waals surface area contributed by atoms with E-state index in [0.717, 1.165) is 6.61 Å². The summed E-state index contributed by atoms with van der Waals surface area (Å²) in [5, 5.41) is 9.12. The Morgan fingerprint density at radius 3 is 2.60 bits per heavy atom. The molecule has 0 spiro atoms. The molecule has 0 aromatic rings. The molecule has 1 heterocycles. The van der Waals surface area contributed by atoms with Crippen molar-refractivity contribution in [2.75, 3.05) is 38.2 Å². The molecule has 0 bridgehead atoms. The molecule has 0 amide bonds. The van der Waals surface area contributed by atoms with Gasteiger partial charge in [0.15, 0.2) is 0 Å². The Hall–Kier alpha value is 0.420. The number of epoxide rings is 1. The molecule has 1 aliphatic heterocycles. The molecular weight excluding hydrogens is 243 g/mol. The van der Waals surface area contributed by atoms with Crippen molar-refractivity contribution in [3.05, 3.63) is 0 Å². The lowest BCUT2D eigenvalue weighted by Gasteiger charge is -2.15. The number of hydrogen-bond donors (Lipinski definition) is 1. The summed E-state index contributed by atoms with van der Waals surface area (Å²) in [7, 11) is 0. The smallest absolute Gasteiger partial charge is 0.104 e. The molecule has 1 N–H and O–H groups in total. The molecule has 1 saturated heterocycles. The van der Waals surface area contributed by atoms with Gasteiger partial charge >= 0.3 is 0 Å². The summed E-state index contributed by atoms with van der Waals surface area (Å²) in [6, 6.07) is 0. The highest BCUT2D eigenvalue weighted by Gasteiger charge is 2.24. The van der Waals surface area contributed by atoms with Crippen molar-refractivity contribution in [2.24, 2.45) is 0 Å². The zero-order valence-electron chi connectivity index (χ0n) is 8.40. The molecule has 0 aromatic carbocycles.